The first-order valence-corrected chi connectivity index (χ1v) is 18.2. The summed E-state index contributed by atoms with van der Waals surface area (Å²) >= 11 is 0. The van der Waals surface area contributed by atoms with Crippen molar-refractivity contribution in [3.63, 3.8) is 0 Å². The van der Waals surface area contributed by atoms with Gasteiger partial charge in [-0.05, 0) is 12.0 Å². The van der Waals surface area contributed by atoms with Gasteiger partial charge in [-0.1, -0.05) is 37.3 Å². The van der Waals surface area contributed by atoms with Crippen LogP contribution in [0.4, 0.5) is 4.79 Å². The summed E-state index contributed by atoms with van der Waals surface area (Å²) in [7, 11) is 0. The van der Waals surface area contributed by atoms with Crippen LogP contribution < -0.4 is 5.32 Å². The van der Waals surface area contributed by atoms with Crippen LogP contribution in [0.25, 0.3) is 0 Å². The minimum absolute atomic E-state index is 0.193. The molecule has 0 unspecified atom stereocenters. The summed E-state index contributed by atoms with van der Waals surface area (Å²) < 4.78 is 70.0. The van der Waals surface area contributed by atoms with E-state index in [-0.39, 0.29) is 19.2 Å². The van der Waals surface area contributed by atoms with Crippen molar-refractivity contribution >= 4 is 12.1 Å². The number of esters is 1. The minimum atomic E-state index is -0.473. The Morgan fingerprint density at radius 1 is 0.442 bits per heavy atom. The van der Waals surface area contributed by atoms with Gasteiger partial charge in [0.1, 0.15) is 13.2 Å². The predicted octanol–water partition coefficient (Wildman–Crippen LogP) is 2.44. The first-order valence-electron chi connectivity index (χ1n) is 18.2. The van der Waals surface area contributed by atoms with Crippen LogP contribution in [0.5, 0.6) is 0 Å². The molecule has 0 fully saturated rings. The van der Waals surface area contributed by atoms with Gasteiger partial charge in [-0.3, -0.25) is 4.79 Å². The molecule has 0 radical (unpaired) electrons. The molecule has 1 aromatic carbocycles. The van der Waals surface area contributed by atoms with E-state index in [1.54, 1.807) is 0 Å². The van der Waals surface area contributed by atoms with E-state index in [1.807, 2.05) is 37.3 Å². The van der Waals surface area contributed by atoms with Crippen molar-refractivity contribution in [2.45, 2.75) is 26.4 Å². The average Bonchev–Trinajstić information content (AvgIpc) is 3.15. The van der Waals surface area contributed by atoms with Crippen molar-refractivity contribution in [2.24, 2.45) is 0 Å². The largest absolute Gasteiger partial charge is 0.463 e. The summed E-state index contributed by atoms with van der Waals surface area (Å²) in [5, 5.41) is 2.64. The molecule has 0 saturated carbocycles. The zero-order valence-electron chi connectivity index (χ0n) is 31.1. The molecular formula is C36H63NO15. The van der Waals surface area contributed by atoms with Gasteiger partial charge >= 0.3 is 12.1 Å². The van der Waals surface area contributed by atoms with E-state index >= 15 is 0 Å². The summed E-state index contributed by atoms with van der Waals surface area (Å²) in [4.78, 5) is 22.8. The Labute approximate surface area is 309 Å². The van der Waals surface area contributed by atoms with Gasteiger partial charge in [0.2, 0.25) is 0 Å². The molecule has 0 aliphatic carbocycles. The molecule has 0 heterocycles. The summed E-state index contributed by atoms with van der Waals surface area (Å²) in [6.07, 6.45) is 0.745. The van der Waals surface area contributed by atoms with Gasteiger partial charge in [-0.15, -0.1) is 0 Å². The monoisotopic (exact) mass is 749 g/mol. The molecule has 302 valence electrons. The number of carbonyl (C=O) groups is 2. The minimum Gasteiger partial charge on any atom is -0.463 e. The van der Waals surface area contributed by atoms with E-state index < -0.39 is 6.09 Å². The van der Waals surface area contributed by atoms with Crippen molar-refractivity contribution in [3.05, 3.63) is 35.9 Å². The Bertz CT molecular complexity index is 900. The maximum absolute atomic E-state index is 11.6. The molecule has 0 aliphatic rings. The van der Waals surface area contributed by atoms with Crippen LogP contribution in [0, 0.1) is 0 Å². The third kappa shape index (κ3) is 35.9. The van der Waals surface area contributed by atoms with Gasteiger partial charge in [-0.25, -0.2) is 4.79 Å². The molecule has 1 N–H and O–H groups in total. The van der Waals surface area contributed by atoms with Crippen molar-refractivity contribution in [3.8, 4) is 0 Å². The highest BCUT2D eigenvalue weighted by atomic mass is 16.6. The normalized spacial score (nSPS) is 11.2. The van der Waals surface area contributed by atoms with E-state index in [9.17, 15) is 9.59 Å². The van der Waals surface area contributed by atoms with Gasteiger partial charge in [0.15, 0.2) is 0 Å². The molecule has 1 amide bonds. The highest BCUT2D eigenvalue weighted by Gasteiger charge is 2.02. The van der Waals surface area contributed by atoms with Crippen molar-refractivity contribution < 1.29 is 71.2 Å². The van der Waals surface area contributed by atoms with Crippen LogP contribution in [0.3, 0.4) is 0 Å². The van der Waals surface area contributed by atoms with Crippen LogP contribution in [0.2, 0.25) is 0 Å². The van der Waals surface area contributed by atoms with E-state index in [1.165, 1.54) is 0 Å². The molecule has 52 heavy (non-hydrogen) atoms. The molecule has 1 rings (SSSR count). The van der Waals surface area contributed by atoms with Crippen molar-refractivity contribution in [1.82, 2.24) is 5.32 Å². The Kier molecular flexibility index (Phi) is 36.3. The Balaban J connectivity index is 1.63. The number of hydrogen-bond acceptors (Lipinski definition) is 15. The molecule has 0 spiro atoms. The lowest BCUT2D eigenvalue weighted by atomic mass is 10.2. The third-order valence-corrected chi connectivity index (χ3v) is 6.39. The molecule has 0 bridgehead atoms. The van der Waals surface area contributed by atoms with E-state index in [2.05, 4.69) is 5.32 Å². The lowest BCUT2D eigenvalue weighted by Crippen LogP contribution is -2.28. The Morgan fingerprint density at radius 3 is 1.12 bits per heavy atom. The van der Waals surface area contributed by atoms with Crippen LogP contribution in [-0.4, -0.2) is 171 Å². The number of carbonyl (C=O) groups excluding carboxylic acids is 2. The first kappa shape index (κ1) is 47.5. The topological polar surface area (TPSA) is 166 Å². The molecule has 0 aromatic heterocycles. The highest BCUT2D eigenvalue weighted by Crippen LogP contribution is 2.00. The maximum atomic E-state index is 11.6. The van der Waals surface area contributed by atoms with E-state index in [4.69, 9.17) is 61.6 Å². The lowest BCUT2D eigenvalue weighted by Gasteiger charge is -2.09. The van der Waals surface area contributed by atoms with Crippen LogP contribution in [0.1, 0.15) is 25.3 Å². The van der Waals surface area contributed by atoms with Crippen LogP contribution >= 0.6 is 0 Å². The Hall–Kier alpha value is -2.48. The number of amides is 1. The van der Waals surface area contributed by atoms with Crippen LogP contribution in [-0.2, 0) is 73.0 Å². The quantitative estimate of drug-likeness (QED) is 0.0768. The lowest BCUT2D eigenvalue weighted by molar-refractivity contribution is -0.145. The van der Waals surface area contributed by atoms with Crippen LogP contribution in [0.15, 0.2) is 30.3 Å². The zero-order chi connectivity index (χ0) is 37.3. The number of alkyl carbamates (subject to hydrolysis) is 1. The molecule has 0 atom stereocenters. The number of rotatable bonds is 40. The number of benzene rings is 1. The summed E-state index contributed by atoms with van der Waals surface area (Å²) in [5.41, 5.74) is 0.935. The standard InChI is InChI=1S/C36H63NO15/c1-2-6-35(38)51-32-31-50-30-29-49-28-27-48-26-25-47-24-23-46-22-21-45-20-19-44-18-17-43-16-15-42-14-13-41-12-11-40-10-9-37-36(39)52-33-34-7-4-3-5-8-34/h3-5,7-8H,2,6,9-33H2,1H3,(H,37,39). The van der Waals surface area contributed by atoms with Crippen molar-refractivity contribution in [1.29, 1.82) is 0 Å². The van der Waals surface area contributed by atoms with Gasteiger partial charge in [0.05, 0.1) is 145 Å². The average molecular weight is 750 g/mol. The number of nitrogens with one attached hydrogen (secondary N) is 1. The smallest absolute Gasteiger partial charge is 0.407 e. The fourth-order valence-corrected chi connectivity index (χ4v) is 3.79. The zero-order valence-corrected chi connectivity index (χ0v) is 31.1. The molecule has 0 aliphatic heterocycles. The fraction of sp³-hybridized carbons (Fsp3) is 0.778. The second kappa shape index (κ2) is 39.7. The van der Waals surface area contributed by atoms with E-state index in [0.29, 0.717) is 158 Å². The summed E-state index contributed by atoms with van der Waals surface area (Å²) in [6.45, 7) is 13.0. The maximum Gasteiger partial charge on any atom is 0.407 e. The van der Waals surface area contributed by atoms with Gasteiger partial charge in [0, 0.05) is 13.0 Å². The third-order valence-electron chi connectivity index (χ3n) is 6.39. The molecule has 1 aromatic rings. The van der Waals surface area contributed by atoms with Gasteiger partial charge < -0.3 is 66.9 Å². The van der Waals surface area contributed by atoms with Gasteiger partial charge in [0.25, 0.3) is 0 Å². The second-order valence-corrected chi connectivity index (χ2v) is 10.7. The fourth-order valence-electron chi connectivity index (χ4n) is 3.79. The second-order valence-electron chi connectivity index (χ2n) is 10.7. The molecule has 0 saturated heterocycles. The molecule has 16 heteroatoms. The SMILES string of the molecule is CCCC(=O)OCCOCCOCCOCCOCCOCCOCCOCCOCCOCCOCCOCCNC(=O)OCc1ccccc1. The summed E-state index contributed by atoms with van der Waals surface area (Å²) in [5.74, 6) is -0.193. The highest BCUT2D eigenvalue weighted by molar-refractivity contribution is 5.69. The number of hydrogen-bond donors (Lipinski definition) is 1. The summed E-state index contributed by atoms with van der Waals surface area (Å²) in [6, 6.07) is 9.50. The van der Waals surface area contributed by atoms with Crippen molar-refractivity contribution in [2.75, 3.05) is 159 Å². The predicted molar refractivity (Wildman–Crippen MR) is 190 cm³/mol. The van der Waals surface area contributed by atoms with Gasteiger partial charge in [-0.2, -0.15) is 0 Å². The number of ether oxygens (including phenoxy) is 13. The molecular weight excluding hydrogens is 686 g/mol. The van der Waals surface area contributed by atoms with E-state index in [0.717, 1.165) is 12.0 Å². The first-order chi connectivity index (χ1) is 25.7. The Morgan fingerprint density at radius 2 is 0.769 bits per heavy atom. The molecule has 16 nitrogen and oxygen atoms in total.